The van der Waals surface area contributed by atoms with Crippen molar-refractivity contribution in [2.45, 2.75) is 11.4 Å². The molecular formula is C11H12ClN3O3S. The molecule has 19 heavy (non-hydrogen) atoms. The summed E-state index contributed by atoms with van der Waals surface area (Å²) in [4.78, 5) is 3.86. The van der Waals surface area contributed by atoms with Gasteiger partial charge in [0.1, 0.15) is 12.4 Å². The second-order valence-electron chi connectivity index (χ2n) is 3.79. The highest BCUT2D eigenvalue weighted by molar-refractivity contribution is 7.89. The van der Waals surface area contributed by atoms with Gasteiger partial charge in [0.05, 0.1) is 22.8 Å². The Morgan fingerprint density at radius 1 is 1.42 bits per heavy atom. The van der Waals surface area contributed by atoms with Gasteiger partial charge in [-0.15, -0.1) is 0 Å². The van der Waals surface area contributed by atoms with Crippen LogP contribution in [-0.4, -0.2) is 24.6 Å². The fraction of sp³-hybridized carbons (Fsp3) is 0.182. The minimum atomic E-state index is -3.75. The van der Waals surface area contributed by atoms with Gasteiger partial charge in [0.25, 0.3) is 0 Å². The number of nitrogens with two attached hydrogens (primary N) is 1. The van der Waals surface area contributed by atoms with Crippen LogP contribution in [0.1, 0.15) is 0 Å². The third-order valence-electron chi connectivity index (χ3n) is 2.40. The number of primary sulfonamides is 1. The van der Waals surface area contributed by atoms with Crippen LogP contribution in [0.15, 0.2) is 41.8 Å². The molecule has 6 nitrogen and oxygen atoms in total. The standard InChI is InChI=1S/C11H12ClN3O3S/c12-10-7-9(19(13,16)17)1-2-11(10)18-6-5-15-4-3-14-8-15/h1-4,7-8H,5-6H2,(H2,13,16,17). The fourth-order valence-electron chi connectivity index (χ4n) is 1.46. The number of hydrogen-bond acceptors (Lipinski definition) is 4. The van der Waals surface area contributed by atoms with Crippen molar-refractivity contribution in [3.63, 3.8) is 0 Å². The topological polar surface area (TPSA) is 87.2 Å². The Kier molecular flexibility index (Phi) is 4.08. The van der Waals surface area contributed by atoms with Crippen molar-refractivity contribution in [1.29, 1.82) is 0 Å². The normalized spacial score (nSPS) is 11.5. The van der Waals surface area contributed by atoms with E-state index in [1.807, 2.05) is 10.8 Å². The van der Waals surface area contributed by atoms with Crippen LogP contribution in [0.25, 0.3) is 0 Å². The first-order chi connectivity index (χ1) is 8.97. The minimum Gasteiger partial charge on any atom is -0.490 e. The zero-order valence-electron chi connectivity index (χ0n) is 9.86. The van der Waals surface area contributed by atoms with Crippen LogP contribution in [-0.2, 0) is 16.6 Å². The number of ether oxygens (including phenoxy) is 1. The molecule has 0 aliphatic heterocycles. The Balaban J connectivity index is 2.01. The average Bonchev–Trinajstić information content (AvgIpc) is 2.83. The van der Waals surface area contributed by atoms with E-state index in [-0.39, 0.29) is 9.92 Å². The summed E-state index contributed by atoms with van der Waals surface area (Å²) >= 11 is 5.93. The maximum absolute atomic E-state index is 11.1. The zero-order chi connectivity index (χ0) is 13.9. The quantitative estimate of drug-likeness (QED) is 0.900. The van der Waals surface area contributed by atoms with Crippen molar-refractivity contribution in [3.05, 3.63) is 41.9 Å². The largest absolute Gasteiger partial charge is 0.490 e. The van der Waals surface area contributed by atoms with E-state index in [1.54, 1.807) is 12.5 Å². The van der Waals surface area contributed by atoms with Gasteiger partial charge < -0.3 is 9.30 Å². The molecule has 1 heterocycles. The molecule has 0 unspecified atom stereocenters. The molecule has 0 spiro atoms. The Labute approximate surface area is 115 Å². The third-order valence-corrected chi connectivity index (χ3v) is 3.60. The second kappa shape index (κ2) is 5.60. The van der Waals surface area contributed by atoms with Crippen molar-refractivity contribution in [2.24, 2.45) is 5.14 Å². The maximum Gasteiger partial charge on any atom is 0.238 e. The van der Waals surface area contributed by atoms with Crippen LogP contribution in [0.3, 0.4) is 0 Å². The summed E-state index contributed by atoms with van der Waals surface area (Å²) in [6, 6.07) is 4.10. The summed E-state index contributed by atoms with van der Waals surface area (Å²) in [5.41, 5.74) is 0. The molecule has 2 aromatic rings. The van der Waals surface area contributed by atoms with Gasteiger partial charge in [-0.1, -0.05) is 11.6 Å². The van der Waals surface area contributed by atoms with Crippen LogP contribution < -0.4 is 9.88 Å². The minimum absolute atomic E-state index is 0.0422. The number of rotatable bonds is 5. The monoisotopic (exact) mass is 301 g/mol. The van der Waals surface area contributed by atoms with E-state index in [0.717, 1.165) is 0 Å². The number of aromatic nitrogens is 2. The van der Waals surface area contributed by atoms with Gasteiger partial charge in [-0.2, -0.15) is 0 Å². The van der Waals surface area contributed by atoms with Crippen molar-refractivity contribution in [1.82, 2.24) is 9.55 Å². The third kappa shape index (κ3) is 3.69. The lowest BCUT2D eigenvalue weighted by Gasteiger charge is -2.09. The van der Waals surface area contributed by atoms with E-state index in [1.165, 1.54) is 18.2 Å². The molecule has 0 bridgehead atoms. The molecule has 0 aliphatic rings. The Hall–Kier alpha value is -1.57. The number of halogens is 1. The van der Waals surface area contributed by atoms with Crippen molar-refractivity contribution < 1.29 is 13.2 Å². The van der Waals surface area contributed by atoms with Crippen molar-refractivity contribution in [2.75, 3.05) is 6.61 Å². The molecule has 0 saturated heterocycles. The first-order valence-electron chi connectivity index (χ1n) is 5.38. The van der Waals surface area contributed by atoms with Crippen molar-refractivity contribution in [3.8, 4) is 5.75 Å². The predicted octanol–water partition coefficient (Wildman–Crippen LogP) is 1.26. The van der Waals surface area contributed by atoms with Crippen LogP contribution in [0, 0.1) is 0 Å². The highest BCUT2D eigenvalue weighted by Gasteiger charge is 2.11. The van der Waals surface area contributed by atoms with E-state index < -0.39 is 10.0 Å². The highest BCUT2D eigenvalue weighted by atomic mass is 35.5. The second-order valence-corrected chi connectivity index (χ2v) is 5.75. The molecule has 102 valence electrons. The molecule has 0 aliphatic carbocycles. The summed E-state index contributed by atoms with van der Waals surface area (Å²) in [7, 11) is -3.75. The first-order valence-corrected chi connectivity index (χ1v) is 7.30. The summed E-state index contributed by atoms with van der Waals surface area (Å²) in [6.45, 7) is 1.01. The number of benzene rings is 1. The molecule has 2 N–H and O–H groups in total. The Morgan fingerprint density at radius 3 is 2.79 bits per heavy atom. The molecule has 0 fully saturated rings. The number of hydrogen-bond donors (Lipinski definition) is 1. The molecule has 8 heteroatoms. The smallest absolute Gasteiger partial charge is 0.238 e. The first kappa shape index (κ1) is 13.9. The predicted molar refractivity (Wildman–Crippen MR) is 70.5 cm³/mol. The molecule has 0 amide bonds. The highest BCUT2D eigenvalue weighted by Crippen LogP contribution is 2.26. The van der Waals surface area contributed by atoms with Gasteiger partial charge in [0.2, 0.25) is 10.0 Å². The van der Waals surface area contributed by atoms with Gasteiger partial charge >= 0.3 is 0 Å². The van der Waals surface area contributed by atoms with Crippen LogP contribution in [0.4, 0.5) is 0 Å². The van der Waals surface area contributed by atoms with Gasteiger partial charge in [-0.3, -0.25) is 0 Å². The summed E-state index contributed by atoms with van der Waals surface area (Å²) < 4.78 is 29.6. The Morgan fingerprint density at radius 2 is 2.21 bits per heavy atom. The zero-order valence-corrected chi connectivity index (χ0v) is 11.4. The van der Waals surface area contributed by atoms with E-state index in [4.69, 9.17) is 21.5 Å². The van der Waals surface area contributed by atoms with Gasteiger partial charge in [0.15, 0.2) is 0 Å². The van der Waals surface area contributed by atoms with Gasteiger partial charge in [0, 0.05) is 12.4 Å². The lowest BCUT2D eigenvalue weighted by molar-refractivity contribution is 0.298. The molecule has 0 saturated carbocycles. The lowest BCUT2D eigenvalue weighted by atomic mass is 10.3. The summed E-state index contributed by atoms with van der Waals surface area (Å²) in [5, 5.41) is 5.21. The van der Waals surface area contributed by atoms with Gasteiger partial charge in [-0.25, -0.2) is 18.5 Å². The molecule has 0 atom stereocenters. The molecule has 0 radical (unpaired) electrons. The van der Waals surface area contributed by atoms with Crippen LogP contribution in [0.2, 0.25) is 5.02 Å². The summed E-state index contributed by atoms with van der Waals surface area (Å²) in [6.07, 6.45) is 5.16. The molecular weight excluding hydrogens is 290 g/mol. The van der Waals surface area contributed by atoms with E-state index >= 15 is 0 Å². The van der Waals surface area contributed by atoms with Crippen LogP contribution >= 0.6 is 11.6 Å². The van der Waals surface area contributed by atoms with E-state index in [9.17, 15) is 8.42 Å². The number of imidazole rings is 1. The van der Waals surface area contributed by atoms with E-state index in [2.05, 4.69) is 4.98 Å². The SMILES string of the molecule is NS(=O)(=O)c1ccc(OCCn2ccnc2)c(Cl)c1. The van der Waals surface area contributed by atoms with Crippen LogP contribution in [0.5, 0.6) is 5.75 Å². The van der Waals surface area contributed by atoms with Gasteiger partial charge in [-0.05, 0) is 18.2 Å². The fourth-order valence-corrected chi connectivity index (χ4v) is 2.30. The summed E-state index contributed by atoms with van der Waals surface area (Å²) in [5.74, 6) is 0.411. The average molecular weight is 302 g/mol. The number of nitrogens with zero attached hydrogens (tertiary/aromatic N) is 2. The number of sulfonamides is 1. The molecule has 1 aromatic carbocycles. The Bertz CT molecular complexity index is 656. The van der Waals surface area contributed by atoms with E-state index in [0.29, 0.717) is 18.9 Å². The van der Waals surface area contributed by atoms with Crippen molar-refractivity contribution >= 4 is 21.6 Å². The molecule has 2 rings (SSSR count). The molecule has 1 aromatic heterocycles. The lowest BCUT2D eigenvalue weighted by Crippen LogP contribution is -2.12. The maximum atomic E-state index is 11.1.